The van der Waals surface area contributed by atoms with Gasteiger partial charge in [0, 0.05) is 44.2 Å². The van der Waals surface area contributed by atoms with Crippen LogP contribution in [0.25, 0.3) is 0 Å². The maximum atomic E-state index is 12.7. The molecular weight excluding hydrogens is 382 g/mol. The lowest BCUT2D eigenvalue weighted by Gasteiger charge is -2.42. The van der Waals surface area contributed by atoms with E-state index in [4.69, 9.17) is 9.47 Å². The number of piperidine rings is 2. The Morgan fingerprint density at radius 2 is 1.60 bits per heavy atom. The van der Waals surface area contributed by atoms with Crippen molar-refractivity contribution in [1.82, 2.24) is 15.1 Å². The van der Waals surface area contributed by atoms with Crippen molar-refractivity contribution in [3.8, 4) is 0 Å². The predicted octanol–water partition coefficient (Wildman–Crippen LogP) is 3.60. The zero-order chi connectivity index (χ0) is 21.7. The molecule has 2 heterocycles. The molecule has 30 heavy (non-hydrogen) atoms. The summed E-state index contributed by atoms with van der Waals surface area (Å²) in [5.41, 5.74) is 0.794. The Bertz CT molecular complexity index is 711. The summed E-state index contributed by atoms with van der Waals surface area (Å²) in [6, 6.07) is 11.0. The highest BCUT2D eigenvalue weighted by Gasteiger charge is 2.36. The molecule has 2 atom stereocenters. The van der Waals surface area contributed by atoms with Gasteiger partial charge in [-0.3, -0.25) is 0 Å². The minimum absolute atomic E-state index is 0.142. The summed E-state index contributed by atoms with van der Waals surface area (Å²) < 4.78 is 10.4. The number of carbonyl (C=O) groups excluding carboxylic acids is 2. The summed E-state index contributed by atoms with van der Waals surface area (Å²) in [4.78, 5) is 28.0. The average Bonchev–Trinajstić information content (AvgIpc) is 2.73. The Balaban J connectivity index is 1.67. The first-order chi connectivity index (χ1) is 14.3. The third kappa shape index (κ3) is 5.88. The quantitative estimate of drug-likeness (QED) is 0.814. The first-order valence-corrected chi connectivity index (χ1v) is 10.9. The number of rotatable bonds is 3. The molecule has 166 valence electrons. The van der Waals surface area contributed by atoms with Crippen LogP contribution in [0.4, 0.5) is 9.59 Å². The molecule has 1 aromatic rings. The first kappa shape index (κ1) is 22.4. The number of carbonyl (C=O) groups is 2. The third-order valence-corrected chi connectivity index (χ3v) is 5.87. The normalized spacial score (nSPS) is 23.2. The number of amides is 2. The van der Waals surface area contributed by atoms with Crippen LogP contribution in [0.15, 0.2) is 30.3 Å². The van der Waals surface area contributed by atoms with Gasteiger partial charge >= 0.3 is 12.2 Å². The molecule has 0 radical (unpaired) electrons. The number of likely N-dealkylation sites (tertiary alicyclic amines) is 2. The summed E-state index contributed by atoms with van der Waals surface area (Å²) in [5, 5.41) is 3.80. The van der Waals surface area contributed by atoms with Gasteiger partial charge in [-0.1, -0.05) is 30.3 Å². The molecule has 1 N–H and O–H groups in total. The van der Waals surface area contributed by atoms with Crippen molar-refractivity contribution >= 4 is 12.2 Å². The maximum absolute atomic E-state index is 12.7. The lowest BCUT2D eigenvalue weighted by atomic mass is 9.84. The van der Waals surface area contributed by atoms with Crippen molar-refractivity contribution in [2.45, 2.75) is 63.6 Å². The van der Waals surface area contributed by atoms with Crippen molar-refractivity contribution in [3.05, 3.63) is 35.9 Å². The monoisotopic (exact) mass is 417 g/mol. The van der Waals surface area contributed by atoms with Crippen LogP contribution in [0, 0.1) is 0 Å². The number of ether oxygens (including phenoxy) is 2. The molecule has 0 bridgehead atoms. The molecule has 7 nitrogen and oxygen atoms in total. The number of hydrogen-bond acceptors (Lipinski definition) is 5. The zero-order valence-corrected chi connectivity index (χ0v) is 18.6. The molecule has 2 saturated heterocycles. The fraction of sp³-hybridized carbons (Fsp3) is 0.652. The van der Waals surface area contributed by atoms with E-state index >= 15 is 0 Å². The molecule has 2 fully saturated rings. The average molecular weight is 418 g/mol. The van der Waals surface area contributed by atoms with E-state index in [0.717, 1.165) is 19.3 Å². The summed E-state index contributed by atoms with van der Waals surface area (Å²) >= 11 is 0. The number of benzene rings is 1. The van der Waals surface area contributed by atoms with E-state index in [9.17, 15) is 9.59 Å². The van der Waals surface area contributed by atoms with Gasteiger partial charge in [-0.15, -0.1) is 0 Å². The predicted molar refractivity (Wildman–Crippen MR) is 116 cm³/mol. The fourth-order valence-corrected chi connectivity index (χ4v) is 4.37. The van der Waals surface area contributed by atoms with Crippen LogP contribution in [-0.4, -0.2) is 73.0 Å². The second-order valence-corrected chi connectivity index (χ2v) is 9.24. The summed E-state index contributed by atoms with van der Waals surface area (Å²) in [6.45, 7) is 8.36. The minimum Gasteiger partial charge on any atom is -0.453 e. The van der Waals surface area contributed by atoms with Gasteiger partial charge in [-0.25, -0.2) is 9.59 Å². The van der Waals surface area contributed by atoms with Gasteiger partial charge in [0.05, 0.1) is 7.11 Å². The van der Waals surface area contributed by atoms with Gasteiger partial charge in [0.1, 0.15) is 5.60 Å². The Hall–Kier alpha value is -2.28. The van der Waals surface area contributed by atoms with Crippen LogP contribution in [0.5, 0.6) is 0 Å². The van der Waals surface area contributed by atoms with E-state index < -0.39 is 5.60 Å². The highest BCUT2D eigenvalue weighted by molar-refractivity contribution is 5.68. The van der Waals surface area contributed by atoms with E-state index in [2.05, 4.69) is 29.6 Å². The number of methoxy groups -OCH3 is 1. The van der Waals surface area contributed by atoms with Gasteiger partial charge in [0.25, 0.3) is 0 Å². The Morgan fingerprint density at radius 3 is 2.20 bits per heavy atom. The zero-order valence-electron chi connectivity index (χ0n) is 18.6. The van der Waals surface area contributed by atoms with E-state index in [1.54, 1.807) is 4.90 Å². The van der Waals surface area contributed by atoms with E-state index in [-0.39, 0.29) is 18.2 Å². The third-order valence-electron chi connectivity index (χ3n) is 5.87. The van der Waals surface area contributed by atoms with Crippen LogP contribution < -0.4 is 5.32 Å². The summed E-state index contributed by atoms with van der Waals surface area (Å²) in [7, 11) is 1.42. The van der Waals surface area contributed by atoms with E-state index in [1.165, 1.54) is 12.7 Å². The Morgan fingerprint density at radius 1 is 0.967 bits per heavy atom. The van der Waals surface area contributed by atoms with Crippen molar-refractivity contribution < 1.29 is 19.1 Å². The van der Waals surface area contributed by atoms with Crippen molar-refractivity contribution in [1.29, 1.82) is 0 Å². The lowest BCUT2D eigenvalue weighted by Crippen LogP contribution is -2.56. The summed E-state index contributed by atoms with van der Waals surface area (Å²) in [5.74, 6) is 0.337. The molecule has 2 aliphatic rings. The first-order valence-electron chi connectivity index (χ1n) is 10.9. The largest absolute Gasteiger partial charge is 0.453 e. The smallest absolute Gasteiger partial charge is 0.410 e. The molecule has 2 aliphatic heterocycles. The van der Waals surface area contributed by atoms with Crippen LogP contribution in [0.1, 0.15) is 51.5 Å². The van der Waals surface area contributed by atoms with Gasteiger partial charge in [-0.05, 0) is 45.6 Å². The van der Waals surface area contributed by atoms with Gasteiger partial charge < -0.3 is 24.6 Å². The van der Waals surface area contributed by atoms with Crippen molar-refractivity contribution in [3.63, 3.8) is 0 Å². The van der Waals surface area contributed by atoms with Crippen molar-refractivity contribution in [2.75, 3.05) is 33.3 Å². The number of nitrogens with zero attached hydrogens (tertiary/aromatic N) is 2. The molecule has 7 heteroatoms. The van der Waals surface area contributed by atoms with Gasteiger partial charge in [-0.2, -0.15) is 0 Å². The maximum Gasteiger partial charge on any atom is 0.410 e. The fourth-order valence-electron chi connectivity index (χ4n) is 4.37. The second kappa shape index (κ2) is 9.69. The van der Waals surface area contributed by atoms with Crippen molar-refractivity contribution in [2.24, 2.45) is 0 Å². The highest BCUT2D eigenvalue weighted by atomic mass is 16.6. The molecule has 0 aromatic heterocycles. The highest BCUT2D eigenvalue weighted by Crippen LogP contribution is 2.30. The van der Waals surface area contributed by atoms with Crippen LogP contribution in [0.2, 0.25) is 0 Å². The van der Waals surface area contributed by atoms with E-state index in [1.807, 2.05) is 31.7 Å². The lowest BCUT2D eigenvalue weighted by molar-refractivity contribution is 0.0160. The Kier molecular flexibility index (Phi) is 7.23. The van der Waals surface area contributed by atoms with E-state index in [0.29, 0.717) is 38.1 Å². The van der Waals surface area contributed by atoms with Crippen LogP contribution >= 0.6 is 0 Å². The van der Waals surface area contributed by atoms with Crippen LogP contribution in [0.3, 0.4) is 0 Å². The second-order valence-electron chi connectivity index (χ2n) is 9.24. The standard InChI is InChI=1S/C23H35N3O4/c1-23(2,3)30-22(28)26-15-12-19(17-8-6-5-7-9-17)20(16-26)24-18-10-13-25(14-11-18)21(27)29-4/h5-9,18-20,24H,10-16H2,1-4H3/t19-,20-/m0/s1. The molecule has 1 aromatic carbocycles. The van der Waals surface area contributed by atoms with Gasteiger partial charge in [0.2, 0.25) is 0 Å². The molecule has 0 saturated carbocycles. The number of hydrogen-bond donors (Lipinski definition) is 1. The SMILES string of the molecule is COC(=O)N1CCC(N[C@H]2CN(C(=O)OC(C)(C)C)CC[C@H]2c2ccccc2)CC1. The molecular formula is C23H35N3O4. The molecule has 3 rings (SSSR count). The van der Waals surface area contributed by atoms with Gasteiger partial charge in [0.15, 0.2) is 0 Å². The molecule has 0 unspecified atom stereocenters. The Labute approximate surface area is 179 Å². The van der Waals surface area contributed by atoms with Crippen LogP contribution in [-0.2, 0) is 9.47 Å². The minimum atomic E-state index is -0.503. The molecule has 2 amide bonds. The summed E-state index contributed by atoms with van der Waals surface area (Å²) in [6.07, 6.45) is 2.13. The molecule has 0 spiro atoms. The topological polar surface area (TPSA) is 71.1 Å². The number of nitrogens with one attached hydrogen (secondary N) is 1. The molecule has 0 aliphatic carbocycles.